The van der Waals surface area contributed by atoms with E-state index in [0.717, 1.165) is 0 Å². The molecule has 49 valence electrons. The molecule has 0 saturated heterocycles. The van der Waals surface area contributed by atoms with Crippen LogP contribution in [-0.4, -0.2) is 57.4 Å². The molecule has 1 atom stereocenters. The van der Waals surface area contributed by atoms with Crippen LogP contribution in [0, 0.1) is 5.21 Å². The van der Waals surface area contributed by atoms with E-state index in [2.05, 4.69) is 5.28 Å². The summed E-state index contributed by atoms with van der Waals surface area (Å²) in [5.74, 6) is 0. The topological polar surface area (TPSA) is 78.9 Å². The molecule has 0 aliphatic carbocycles. The number of hydrogen-bond acceptors (Lipinski definition) is 3. The quantitative estimate of drug-likeness (QED) is 0.233. The number of hydroxylamine groups is 1. The Morgan fingerprint density at radius 3 is 2.33 bits per heavy atom. The Kier molecular flexibility index (Phi) is 8.31. The number of aliphatic hydroxyl groups is 1. The van der Waals surface area contributed by atoms with Crippen molar-refractivity contribution in [3.63, 3.8) is 0 Å². The third kappa shape index (κ3) is 4.65. The van der Waals surface area contributed by atoms with Gasteiger partial charge in [-0.25, -0.2) is 0 Å². The molecular weight excluding hydrogens is 135 g/mol. The van der Waals surface area contributed by atoms with Crippen LogP contribution < -0.4 is 0 Å². The van der Waals surface area contributed by atoms with Crippen LogP contribution >= 0.6 is 0 Å². The van der Waals surface area contributed by atoms with E-state index in [4.69, 9.17) is 10.3 Å². The molecule has 0 saturated carbocycles. The molecule has 0 rings (SSSR count). The van der Waals surface area contributed by atoms with Crippen LogP contribution in [0.5, 0.6) is 0 Å². The largest absolute Gasteiger partial charge is 0.597 e. The maximum Gasteiger partial charge on any atom is 0.213 e. The summed E-state index contributed by atoms with van der Waals surface area (Å²) in [5.41, 5.74) is 0. The molecule has 6 heteroatoms. The molecule has 0 aliphatic rings. The first-order valence-electron chi connectivity index (χ1n) is 2.14. The first-order chi connectivity index (χ1) is 3.72. The Balaban J connectivity index is 0. The van der Waals surface area contributed by atoms with Crippen molar-refractivity contribution in [2.75, 3.05) is 6.61 Å². The van der Waals surface area contributed by atoms with E-state index in [1.165, 1.54) is 6.92 Å². The van der Waals surface area contributed by atoms with Crippen molar-refractivity contribution in [2.24, 2.45) is 5.28 Å². The molecule has 0 amide bonds. The fourth-order valence-corrected chi connectivity index (χ4v) is 0.158. The maximum atomic E-state index is 10.1. The van der Waals surface area contributed by atoms with Gasteiger partial charge in [0.05, 0.1) is 0 Å². The maximum absolute atomic E-state index is 10.1. The predicted molar refractivity (Wildman–Crippen MR) is 30.1 cm³/mol. The summed E-state index contributed by atoms with van der Waals surface area (Å²) in [6.45, 7) is 1.13. The number of aliphatic hydroxyl groups excluding tert-OH is 1. The molecule has 2 N–H and O–H groups in total. The van der Waals surface area contributed by atoms with Gasteiger partial charge in [-0.15, -0.1) is 0 Å². The van der Waals surface area contributed by atoms with Crippen molar-refractivity contribution in [1.29, 1.82) is 0 Å². The summed E-state index contributed by atoms with van der Waals surface area (Å²) in [4.78, 5) is 0.0278. The van der Waals surface area contributed by atoms with Gasteiger partial charge in [-0.05, 0) is 0 Å². The van der Waals surface area contributed by atoms with Crippen molar-refractivity contribution in [2.45, 2.75) is 13.0 Å². The van der Waals surface area contributed by atoms with Gasteiger partial charge in [0, 0.05) is 36.5 Å². The monoisotopic (exact) mass is 143 g/mol. The van der Waals surface area contributed by atoms with E-state index in [-0.39, 0.29) is 41.0 Å². The van der Waals surface area contributed by atoms with Crippen molar-refractivity contribution in [3.8, 4) is 0 Å². The minimum absolute atomic E-state index is 0. The molecule has 0 aromatic carbocycles. The molecule has 0 fully saturated rings. The third-order valence-electron chi connectivity index (χ3n) is 0.729. The van der Waals surface area contributed by atoms with Gasteiger partial charge in [0.1, 0.15) is 6.61 Å². The van der Waals surface area contributed by atoms with Gasteiger partial charge in [-0.3, -0.25) is 0 Å². The van der Waals surface area contributed by atoms with Crippen molar-refractivity contribution >= 4 is 29.6 Å². The molecule has 1 unspecified atom stereocenters. The molecule has 0 spiro atoms. The molecule has 0 heterocycles. The third-order valence-corrected chi connectivity index (χ3v) is 0.729. The molecule has 0 aliphatic heterocycles. The smallest absolute Gasteiger partial charge is 0.213 e. The first-order valence-corrected chi connectivity index (χ1v) is 2.14. The van der Waals surface area contributed by atoms with Gasteiger partial charge in [-0.1, -0.05) is 4.86 Å². The van der Waals surface area contributed by atoms with Gasteiger partial charge >= 0.3 is 0 Å². The molecule has 9 heavy (non-hydrogen) atoms. The fourth-order valence-electron chi connectivity index (χ4n) is 0.158. The second-order valence-corrected chi connectivity index (χ2v) is 1.42. The Bertz CT molecular complexity index is 97.1. The minimum atomic E-state index is -0.667. The molecule has 0 bridgehead atoms. The number of hydrogen-bond donors (Lipinski definition) is 2. The molecule has 1 radical (unpaired) electrons. The van der Waals surface area contributed by atoms with Gasteiger partial charge in [0.25, 0.3) is 0 Å². The normalized spacial score (nSPS) is 14.2. The van der Waals surface area contributed by atoms with Crippen LogP contribution in [0.2, 0.25) is 0 Å². The molecule has 5 nitrogen and oxygen atoms in total. The van der Waals surface area contributed by atoms with E-state index in [1.807, 2.05) is 0 Å². The second kappa shape index (κ2) is 6.28. The standard InChI is InChI=1S/C3H8N2O3.Na/c1-3(2-6)5(8)4-7;/h3,6-7H,2H2,1H3;/b5-4-;. The van der Waals surface area contributed by atoms with E-state index >= 15 is 0 Å². The Morgan fingerprint density at radius 1 is 1.78 bits per heavy atom. The van der Waals surface area contributed by atoms with Crippen LogP contribution in [0.3, 0.4) is 0 Å². The first kappa shape index (κ1) is 11.9. The zero-order valence-corrected chi connectivity index (χ0v) is 7.48. The van der Waals surface area contributed by atoms with E-state index in [0.29, 0.717) is 0 Å². The van der Waals surface area contributed by atoms with Crippen LogP contribution in [-0.2, 0) is 0 Å². The summed E-state index contributed by atoms with van der Waals surface area (Å²) in [6.07, 6.45) is 0. The summed E-state index contributed by atoms with van der Waals surface area (Å²) >= 11 is 0. The number of nitrogens with zero attached hydrogens (tertiary/aromatic N) is 2. The SMILES string of the molecule is CC(CO)/[N+]([O-])=N/O.[Na]. The van der Waals surface area contributed by atoms with Crippen molar-refractivity contribution in [3.05, 3.63) is 5.21 Å². The summed E-state index contributed by atoms with van der Waals surface area (Å²) < 4.78 is 0. The Labute approximate surface area is 74.8 Å². The Morgan fingerprint density at radius 2 is 2.22 bits per heavy atom. The van der Waals surface area contributed by atoms with Crippen LogP contribution in [0.4, 0.5) is 0 Å². The zero-order chi connectivity index (χ0) is 6.57. The minimum Gasteiger partial charge on any atom is -0.597 e. The average Bonchev–Trinajstić information content (AvgIpc) is 1.84. The number of rotatable bonds is 2. The van der Waals surface area contributed by atoms with E-state index < -0.39 is 6.04 Å². The Hall–Kier alpha value is 0.160. The van der Waals surface area contributed by atoms with Gasteiger partial charge < -0.3 is 15.5 Å². The molecule has 0 aromatic heterocycles. The average molecular weight is 143 g/mol. The second-order valence-electron chi connectivity index (χ2n) is 1.42. The van der Waals surface area contributed by atoms with Crippen LogP contribution in [0.25, 0.3) is 0 Å². The summed E-state index contributed by atoms with van der Waals surface area (Å²) in [6, 6.07) is -0.667. The van der Waals surface area contributed by atoms with Gasteiger partial charge in [-0.2, -0.15) is 0 Å². The van der Waals surface area contributed by atoms with Gasteiger partial charge in [0.15, 0.2) is 5.28 Å². The summed E-state index contributed by atoms with van der Waals surface area (Å²) in [5, 5.41) is 28.3. The molecular formula is C3H8N2NaO3. The van der Waals surface area contributed by atoms with Crippen LogP contribution in [0.15, 0.2) is 5.28 Å². The zero-order valence-electron chi connectivity index (χ0n) is 5.48. The predicted octanol–water partition coefficient (Wildman–Crippen LogP) is -0.662. The summed E-state index contributed by atoms with van der Waals surface area (Å²) in [7, 11) is 0. The van der Waals surface area contributed by atoms with Crippen molar-refractivity contribution < 1.29 is 15.2 Å². The van der Waals surface area contributed by atoms with Gasteiger partial charge in [0.2, 0.25) is 6.04 Å². The fraction of sp³-hybridized carbons (Fsp3) is 1.00. The van der Waals surface area contributed by atoms with E-state index in [1.54, 1.807) is 0 Å². The van der Waals surface area contributed by atoms with Crippen molar-refractivity contribution in [1.82, 2.24) is 0 Å². The molecule has 0 aromatic rings. The van der Waals surface area contributed by atoms with Crippen LogP contribution in [0.1, 0.15) is 6.92 Å². The van der Waals surface area contributed by atoms with E-state index in [9.17, 15) is 5.21 Å².